The van der Waals surface area contributed by atoms with Crippen LogP contribution in [-0.4, -0.2) is 27.8 Å². The number of rotatable bonds is 2. The average molecular weight is 223 g/mol. The molecule has 3 heteroatoms. The molecule has 1 heterocycles. The van der Waals surface area contributed by atoms with E-state index in [4.69, 9.17) is 0 Å². The molecule has 0 aromatic heterocycles. The Morgan fingerprint density at radius 1 is 1.33 bits per heavy atom. The standard InChI is InChI=1S/C12H17NOS/c1-10-8-15(14)9-12(13-10)7-11-5-3-2-4-6-11/h2-6,10,12-13H,7-9H2,1H3/t10-,12-,15-/m1/s1. The zero-order valence-corrected chi connectivity index (χ0v) is 9.80. The maximum absolute atomic E-state index is 11.5. The molecule has 0 aliphatic carbocycles. The highest BCUT2D eigenvalue weighted by atomic mass is 32.2. The Labute approximate surface area is 93.5 Å². The van der Waals surface area contributed by atoms with Crippen molar-refractivity contribution in [3.63, 3.8) is 0 Å². The minimum atomic E-state index is -0.637. The predicted octanol–water partition coefficient (Wildman–Crippen LogP) is 1.34. The Hall–Kier alpha value is -0.670. The van der Waals surface area contributed by atoms with Crippen molar-refractivity contribution in [1.82, 2.24) is 5.32 Å². The summed E-state index contributed by atoms with van der Waals surface area (Å²) in [6.45, 7) is 2.11. The van der Waals surface area contributed by atoms with Crippen molar-refractivity contribution in [1.29, 1.82) is 0 Å². The molecule has 0 amide bonds. The highest BCUT2D eigenvalue weighted by molar-refractivity contribution is 7.85. The number of benzene rings is 1. The molecule has 15 heavy (non-hydrogen) atoms. The third-order valence-corrected chi connectivity index (χ3v) is 4.31. The number of nitrogens with one attached hydrogen (secondary N) is 1. The van der Waals surface area contributed by atoms with Gasteiger partial charge in [0.1, 0.15) is 0 Å². The first-order chi connectivity index (χ1) is 7.24. The topological polar surface area (TPSA) is 29.1 Å². The number of hydrogen-bond donors (Lipinski definition) is 1. The maximum atomic E-state index is 11.5. The van der Waals surface area contributed by atoms with Crippen molar-refractivity contribution >= 4 is 10.8 Å². The fourth-order valence-electron chi connectivity index (χ4n) is 2.09. The largest absolute Gasteiger partial charge is 0.309 e. The molecular formula is C12H17NOS. The molecule has 1 aromatic carbocycles. The molecule has 3 atom stereocenters. The van der Waals surface area contributed by atoms with E-state index >= 15 is 0 Å². The van der Waals surface area contributed by atoms with Gasteiger partial charge in [-0.05, 0) is 18.9 Å². The first-order valence-electron chi connectivity index (χ1n) is 5.39. The fraction of sp³-hybridized carbons (Fsp3) is 0.500. The molecule has 1 saturated heterocycles. The van der Waals surface area contributed by atoms with Gasteiger partial charge in [0, 0.05) is 34.4 Å². The summed E-state index contributed by atoms with van der Waals surface area (Å²) in [4.78, 5) is 0. The van der Waals surface area contributed by atoms with Crippen LogP contribution < -0.4 is 5.32 Å². The van der Waals surface area contributed by atoms with Crippen LogP contribution in [0.5, 0.6) is 0 Å². The van der Waals surface area contributed by atoms with Crippen molar-refractivity contribution in [2.75, 3.05) is 11.5 Å². The van der Waals surface area contributed by atoms with E-state index in [1.54, 1.807) is 0 Å². The van der Waals surface area contributed by atoms with Crippen LogP contribution in [0.4, 0.5) is 0 Å². The van der Waals surface area contributed by atoms with Crippen LogP contribution in [-0.2, 0) is 17.2 Å². The van der Waals surface area contributed by atoms with Gasteiger partial charge in [0.15, 0.2) is 0 Å². The quantitative estimate of drug-likeness (QED) is 0.820. The molecule has 1 aliphatic heterocycles. The van der Waals surface area contributed by atoms with Gasteiger partial charge < -0.3 is 5.32 Å². The summed E-state index contributed by atoms with van der Waals surface area (Å²) in [6, 6.07) is 11.1. The maximum Gasteiger partial charge on any atom is 0.0392 e. The Balaban J connectivity index is 1.97. The first-order valence-corrected chi connectivity index (χ1v) is 6.88. The Morgan fingerprint density at radius 3 is 2.73 bits per heavy atom. The lowest BCUT2D eigenvalue weighted by Crippen LogP contribution is -2.49. The molecule has 1 N–H and O–H groups in total. The molecule has 2 rings (SSSR count). The van der Waals surface area contributed by atoms with Gasteiger partial charge in [-0.3, -0.25) is 4.21 Å². The van der Waals surface area contributed by atoms with E-state index in [0.29, 0.717) is 12.1 Å². The molecule has 0 saturated carbocycles. The first kappa shape index (κ1) is 10.8. The fourth-order valence-corrected chi connectivity index (χ4v) is 3.54. The SMILES string of the molecule is C[C@@H]1C[S@@](=O)C[C@@H](Cc2ccccc2)N1. The van der Waals surface area contributed by atoms with Crippen LogP contribution in [0.3, 0.4) is 0 Å². The lowest BCUT2D eigenvalue weighted by molar-refractivity contribution is 0.473. The Morgan fingerprint density at radius 2 is 2.07 bits per heavy atom. The lowest BCUT2D eigenvalue weighted by Gasteiger charge is -2.28. The van der Waals surface area contributed by atoms with Crippen molar-refractivity contribution in [3.8, 4) is 0 Å². The molecule has 0 bridgehead atoms. The van der Waals surface area contributed by atoms with E-state index in [1.165, 1.54) is 5.56 Å². The second-order valence-electron chi connectivity index (χ2n) is 4.23. The monoisotopic (exact) mass is 223 g/mol. The van der Waals surface area contributed by atoms with E-state index in [1.807, 2.05) is 6.07 Å². The van der Waals surface area contributed by atoms with Gasteiger partial charge in [-0.15, -0.1) is 0 Å². The van der Waals surface area contributed by atoms with Crippen LogP contribution >= 0.6 is 0 Å². The Kier molecular flexibility index (Phi) is 3.54. The molecule has 0 spiro atoms. The predicted molar refractivity (Wildman–Crippen MR) is 64.4 cm³/mol. The summed E-state index contributed by atoms with van der Waals surface area (Å²) >= 11 is 0. The zero-order valence-electron chi connectivity index (χ0n) is 8.98. The number of hydrogen-bond acceptors (Lipinski definition) is 2. The van der Waals surface area contributed by atoms with E-state index in [-0.39, 0.29) is 0 Å². The second kappa shape index (κ2) is 4.90. The molecule has 2 nitrogen and oxygen atoms in total. The highest BCUT2D eigenvalue weighted by Crippen LogP contribution is 2.09. The van der Waals surface area contributed by atoms with E-state index in [0.717, 1.165) is 17.9 Å². The van der Waals surface area contributed by atoms with Crippen molar-refractivity contribution in [2.24, 2.45) is 0 Å². The summed E-state index contributed by atoms with van der Waals surface area (Å²) in [5.41, 5.74) is 1.32. The summed E-state index contributed by atoms with van der Waals surface area (Å²) in [7, 11) is -0.637. The Bertz CT molecular complexity index is 339. The van der Waals surface area contributed by atoms with Crippen molar-refractivity contribution < 1.29 is 4.21 Å². The normalized spacial score (nSPS) is 31.4. The van der Waals surface area contributed by atoms with Gasteiger partial charge in [0.25, 0.3) is 0 Å². The summed E-state index contributed by atoms with van der Waals surface area (Å²) in [5.74, 6) is 1.59. The third-order valence-electron chi connectivity index (χ3n) is 2.67. The molecule has 1 fully saturated rings. The van der Waals surface area contributed by atoms with Gasteiger partial charge in [-0.25, -0.2) is 0 Å². The van der Waals surface area contributed by atoms with E-state index < -0.39 is 10.8 Å². The molecule has 0 unspecified atom stereocenters. The van der Waals surface area contributed by atoms with Gasteiger partial charge in [0.05, 0.1) is 0 Å². The molecular weight excluding hydrogens is 206 g/mol. The minimum Gasteiger partial charge on any atom is -0.309 e. The van der Waals surface area contributed by atoms with Gasteiger partial charge in [-0.1, -0.05) is 30.3 Å². The van der Waals surface area contributed by atoms with Crippen LogP contribution in [0.15, 0.2) is 30.3 Å². The van der Waals surface area contributed by atoms with Gasteiger partial charge in [0.2, 0.25) is 0 Å². The van der Waals surface area contributed by atoms with Crippen LogP contribution in [0.25, 0.3) is 0 Å². The smallest absolute Gasteiger partial charge is 0.0392 e. The average Bonchev–Trinajstić information content (AvgIpc) is 2.17. The molecule has 1 aliphatic rings. The highest BCUT2D eigenvalue weighted by Gasteiger charge is 2.22. The molecule has 1 aromatic rings. The summed E-state index contributed by atoms with van der Waals surface area (Å²) in [5, 5.41) is 3.50. The second-order valence-corrected chi connectivity index (χ2v) is 5.77. The van der Waals surface area contributed by atoms with Crippen molar-refractivity contribution in [2.45, 2.75) is 25.4 Å². The van der Waals surface area contributed by atoms with Crippen molar-refractivity contribution in [3.05, 3.63) is 35.9 Å². The summed E-state index contributed by atoms with van der Waals surface area (Å²) in [6.07, 6.45) is 0.983. The minimum absolute atomic E-state index is 0.372. The van der Waals surface area contributed by atoms with E-state index in [2.05, 4.69) is 36.5 Å². The zero-order chi connectivity index (χ0) is 10.7. The van der Waals surface area contributed by atoms with Crippen LogP contribution in [0.2, 0.25) is 0 Å². The van der Waals surface area contributed by atoms with E-state index in [9.17, 15) is 4.21 Å². The molecule has 82 valence electrons. The van der Waals surface area contributed by atoms with Crippen LogP contribution in [0, 0.1) is 0 Å². The third kappa shape index (κ3) is 3.14. The lowest BCUT2D eigenvalue weighted by atomic mass is 10.1. The molecule has 0 radical (unpaired) electrons. The van der Waals surface area contributed by atoms with Gasteiger partial charge >= 0.3 is 0 Å². The van der Waals surface area contributed by atoms with Crippen LogP contribution in [0.1, 0.15) is 12.5 Å². The summed E-state index contributed by atoms with van der Waals surface area (Å²) < 4.78 is 11.5. The van der Waals surface area contributed by atoms with Gasteiger partial charge in [-0.2, -0.15) is 0 Å².